The molecule has 0 aliphatic carbocycles. The molecule has 19 heavy (non-hydrogen) atoms. The van der Waals surface area contributed by atoms with Gasteiger partial charge in [-0.05, 0) is 32.9 Å². The molecule has 0 spiro atoms. The van der Waals surface area contributed by atoms with Crippen molar-refractivity contribution >= 4 is 15.9 Å². The molecule has 102 valence electrons. The van der Waals surface area contributed by atoms with Gasteiger partial charge in [-0.15, -0.1) is 0 Å². The molecule has 0 saturated carbocycles. The topological polar surface area (TPSA) is 29.9 Å². The molecule has 0 bridgehead atoms. The van der Waals surface area contributed by atoms with Crippen LogP contribution in [0.3, 0.4) is 0 Å². The quantitative estimate of drug-likeness (QED) is 0.933. The molecule has 1 aromatic carbocycles. The largest absolute Gasteiger partial charge is 0.308 e. The van der Waals surface area contributed by atoms with Crippen LogP contribution in [0.1, 0.15) is 26.3 Å². The lowest BCUT2D eigenvalue weighted by Gasteiger charge is -2.20. The molecule has 2 aromatic rings. The third-order valence-corrected chi connectivity index (χ3v) is 3.36. The van der Waals surface area contributed by atoms with Crippen LogP contribution in [0.4, 0.5) is 0 Å². The van der Waals surface area contributed by atoms with Crippen molar-refractivity contribution in [2.75, 3.05) is 0 Å². The van der Waals surface area contributed by atoms with E-state index in [1.165, 1.54) is 5.56 Å². The smallest absolute Gasteiger partial charge is 0.0967 e. The van der Waals surface area contributed by atoms with Gasteiger partial charge in [-0.2, -0.15) is 5.10 Å². The molecule has 1 aromatic heterocycles. The van der Waals surface area contributed by atoms with Gasteiger partial charge < -0.3 is 5.32 Å². The van der Waals surface area contributed by atoms with Crippen molar-refractivity contribution in [3.05, 3.63) is 40.5 Å². The van der Waals surface area contributed by atoms with Gasteiger partial charge in [0, 0.05) is 40.9 Å². The lowest BCUT2D eigenvalue weighted by atomic mass is 10.1. The van der Waals surface area contributed by atoms with Crippen molar-refractivity contribution in [1.82, 2.24) is 15.1 Å². The zero-order valence-corrected chi connectivity index (χ0v) is 13.5. The molecule has 0 aliphatic heterocycles. The summed E-state index contributed by atoms with van der Waals surface area (Å²) in [6.45, 7) is 7.33. The summed E-state index contributed by atoms with van der Waals surface area (Å²) in [7, 11) is 1.96. The van der Waals surface area contributed by atoms with Crippen LogP contribution in [-0.4, -0.2) is 15.3 Å². The number of hydrogen-bond donors (Lipinski definition) is 1. The summed E-state index contributed by atoms with van der Waals surface area (Å²) >= 11 is 3.46. The summed E-state index contributed by atoms with van der Waals surface area (Å²) in [5.74, 6) is 0. The normalized spacial score (nSPS) is 11.8. The lowest BCUT2D eigenvalue weighted by Crippen LogP contribution is -2.35. The fourth-order valence-electron chi connectivity index (χ4n) is 1.88. The Morgan fingerprint density at radius 3 is 2.42 bits per heavy atom. The molecule has 0 aliphatic rings. The number of aryl methyl sites for hydroxylation is 1. The van der Waals surface area contributed by atoms with Gasteiger partial charge in [0.25, 0.3) is 0 Å². The number of nitrogens with zero attached hydrogens (tertiary/aromatic N) is 2. The third kappa shape index (κ3) is 3.91. The molecule has 0 unspecified atom stereocenters. The maximum atomic E-state index is 4.57. The van der Waals surface area contributed by atoms with Crippen molar-refractivity contribution in [2.45, 2.75) is 32.9 Å². The Balaban J connectivity index is 2.28. The van der Waals surface area contributed by atoms with Crippen LogP contribution < -0.4 is 5.32 Å². The monoisotopic (exact) mass is 321 g/mol. The average Bonchev–Trinajstić information content (AvgIpc) is 2.68. The fourth-order valence-corrected chi connectivity index (χ4v) is 2.14. The van der Waals surface area contributed by atoms with E-state index < -0.39 is 0 Å². The molecule has 4 heteroatoms. The summed E-state index contributed by atoms with van der Waals surface area (Å²) in [6.07, 6.45) is 2.08. The highest BCUT2D eigenvalue weighted by atomic mass is 79.9. The van der Waals surface area contributed by atoms with E-state index in [1.807, 2.05) is 23.9 Å². The molecule has 0 fully saturated rings. The minimum Gasteiger partial charge on any atom is -0.308 e. The van der Waals surface area contributed by atoms with Crippen LogP contribution in [0.2, 0.25) is 0 Å². The van der Waals surface area contributed by atoms with Crippen LogP contribution in [0.25, 0.3) is 11.3 Å². The van der Waals surface area contributed by atoms with Crippen molar-refractivity contribution in [1.29, 1.82) is 0 Å². The van der Waals surface area contributed by atoms with Crippen LogP contribution in [0.15, 0.2) is 34.9 Å². The predicted octanol–water partition coefficient (Wildman–Crippen LogP) is 3.74. The fraction of sp³-hybridized carbons (Fsp3) is 0.400. The standard InChI is InChI=1S/C15H20BrN3/c1-15(2,3)17-9-12-10-19(4)18-14(12)11-5-7-13(16)8-6-11/h5-8,10,17H,9H2,1-4H3. The SMILES string of the molecule is Cn1cc(CNC(C)(C)C)c(-c2ccc(Br)cc2)n1. The van der Waals surface area contributed by atoms with Gasteiger partial charge in [0.15, 0.2) is 0 Å². The van der Waals surface area contributed by atoms with Gasteiger partial charge in [-0.25, -0.2) is 0 Å². The lowest BCUT2D eigenvalue weighted by molar-refractivity contribution is 0.424. The Morgan fingerprint density at radius 1 is 1.21 bits per heavy atom. The molecule has 0 amide bonds. The van der Waals surface area contributed by atoms with E-state index in [9.17, 15) is 0 Å². The molecular weight excluding hydrogens is 302 g/mol. The zero-order chi connectivity index (χ0) is 14.0. The Labute approximate surface area is 123 Å². The molecule has 0 radical (unpaired) electrons. The van der Waals surface area contributed by atoms with Gasteiger partial charge in [-0.3, -0.25) is 4.68 Å². The molecule has 0 saturated heterocycles. The highest BCUT2D eigenvalue weighted by molar-refractivity contribution is 9.10. The summed E-state index contributed by atoms with van der Waals surface area (Å²) in [5, 5.41) is 8.08. The second-order valence-corrected chi connectivity index (χ2v) is 6.70. The first-order chi connectivity index (χ1) is 8.85. The number of hydrogen-bond acceptors (Lipinski definition) is 2. The van der Waals surface area contributed by atoms with E-state index in [4.69, 9.17) is 0 Å². The molecule has 1 N–H and O–H groups in total. The predicted molar refractivity (Wildman–Crippen MR) is 82.9 cm³/mol. The van der Waals surface area contributed by atoms with E-state index in [-0.39, 0.29) is 5.54 Å². The van der Waals surface area contributed by atoms with E-state index in [1.54, 1.807) is 0 Å². The van der Waals surface area contributed by atoms with Crippen LogP contribution >= 0.6 is 15.9 Å². The van der Waals surface area contributed by atoms with Gasteiger partial charge in [0.1, 0.15) is 0 Å². The number of halogens is 1. The van der Waals surface area contributed by atoms with Gasteiger partial charge in [0.05, 0.1) is 5.69 Å². The van der Waals surface area contributed by atoms with Crippen molar-refractivity contribution in [3.8, 4) is 11.3 Å². The first-order valence-corrected chi connectivity index (χ1v) is 7.18. The second-order valence-electron chi connectivity index (χ2n) is 5.79. The minimum atomic E-state index is 0.104. The van der Waals surface area contributed by atoms with E-state index >= 15 is 0 Å². The van der Waals surface area contributed by atoms with Crippen molar-refractivity contribution in [2.24, 2.45) is 7.05 Å². The summed E-state index contributed by atoms with van der Waals surface area (Å²) in [4.78, 5) is 0. The molecule has 2 rings (SSSR count). The number of aromatic nitrogens is 2. The van der Waals surface area contributed by atoms with E-state index in [2.05, 4.69) is 65.4 Å². The minimum absolute atomic E-state index is 0.104. The zero-order valence-electron chi connectivity index (χ0n) is 11.9. The van der Waals surface area contributed by atoms with Crippen LogP contribution in [-0.2, 0) is 13.6 Å². The average molecular weight is 322 g/mol. The Hall–Kier alpha value is -1.13. The highest BCUT2D eigenvalue weighted by Gasteiger charge is 2.14. The Morgan fingerprint density at radius 2 is 1.84 bits per heavy atom. The first kappa shape index (κ1) is 14.3. The third-order valence-electron chi connectivity index (χ3n) is 2.83. The number of rotatable bonds is 3. The molecular formula is C15H20BrN3. The van der Waals surface area contributed by atoms with E-state index in [0.717, 1.165) is 22.3 Å². The summed E-state index contributed by atoms with van der Waals surface area (Å²) in [6, 6.07) is 8.27. The maximum Gasteiger partial charge on any atom is 0.0967 e. The molecule has 0 atom stereocenters. The summed E-state index contributed by atoms with van der Waals surface area (Å²) in [5.41, 5.74) is 3.52. The Kier molecular flexibility index (Phi) is 4.11. The molecule has 3 nitrogen and oxygen atoms in total. The second kappa shape index (κ2) is 5.47. The van der Waals surface area contributed by atoms with Crippen molar-refractivity contribution in [3.63, 3.8) is 0 Å². The van der Waals surface area contributed by atoms with Gasteiger partial charge in [0.2, 0.25) is 0 Å². The van der Waals surface area contributed by atoms with E-state index in [0.29, 0.717) is 0 Å². The van der Waals surface area contributed by atoms with Crippen molar-refractivity contribution < 1.29 is 0 Å². The first-order valence-electron chi connectivity index (χ1n) is 6.39. The Bertz CT molecular complexity index is 550. The van der Waals surface area contributed by atoms with Gasteiger partial charge in [-0.1, -0.05) is 28.1 Å². The number of nitrogens with one attached hydrogen (secondary N) is 1. The highest BCUT2D eigenvalue weighted by Crippen LogP contribution is 2.24. The number of benzene rings is 1. The van der Waals surface area contributed by atoms with Crippen LogP contribution in [0.5, 0.6) is 0 Å². The van der Waals surface area contributed by atoms with Crippen LogP contribution in [0, 0.1) is 0 Å². The summed E-state index contributed by atoms with van der Waals surface area (Å²) < 4.78 is 2.96. The maximum absolute atomic E-state index is 4.57. The van der Waals surface area contributed by atoms with Gasteiger partial charge >= 0.3 is 0 Å². The molecule has 1 heterocycles.